The maximum Gasteiger partial charge on any atom is 0.0553 e. The lowest BCUT2D eigenvalue weighted by atomic mass is 9.88. The van der Waals surface area contributed by atoms with E-state index >= 15 is 0 Å². The number of H-pyrrole nitrogens is 1. The van der Waals surface area contributed by atoms with Crippen molar-refractivity contribution in [1.29, 1.82) is 0 Å². The molecular weight excluding hydrogens is 164 g/mol. The molecule has 0 fully saturated rings. The molecule has 1 aromatic heterocycles. The van der Waals surface area contributed by atoms with Crippen molar-refractivity contribution >= 4 is 0 Å². The first-order valence-corrected chi connectivity index (χ1v) is 4.62. The maximum atomic E-state index is 9.27. The summed E-state index contributed by atoms with van der Waals surface area (Å²) in [6.07, 6.45) is 2.16. The Balaban J connectivity index is 2.90. The minimum absolute atomic E-state index is 0.0702. The van der Waals surface area contributed by atoms with Crippen molar-refractivity contribution < 1.29 is 5.11 Å². The Morgan fingerprint density at radius 2 is 2.15 bits per heavy atom. The molecule has 0 aliphatic carbocycles. The van der Waals surface area contributed by atoms with Crippen LogP contribution in [0.25, 0.3) is 0 Å². The van der Waals surface area contributed by atoms with Crippen LogP contribution in [0, 0.1) is 0 Å². The van der Waals surface area contributed by atoms with E-state index < -0.39 is 0 Å². The number of aliphatic hydroxyl groups is 1. The molecule has 3 heteroatoms. The van der Waals surface area contributed by atoms with Gasteiger partial charge in [-0.1, -0.05) is 20.8 Å². The van der Waals surface area contributed by atoms with Gasteiger partial charge in [-0.05, 0) is 12.5 Å². The summed E-state index contributed by atoms with van der Waals surface area (Å²) in [4.78, 5) is 0. The molecule has 0 radical (unpaired) electrons. The average Bonchev–Trinajstić information content (AvgIpc) is 2.31. The SMILES string of the molecule is C[C@H](O)Cc1cn[nH]c1C(C)(C)C. The molecule has 74 valence electrons. The largest absolute Gasteiger partial charge is 0.393 e. The van der Waals surface area contributed by atoms with Gasteiger partial charge in [0.25, 0.3) is 0 Å². The monoisotopic (exact) mass is 182 g/mol. The molecule has 0 saturated heterocycles. The maximum absolute atomic E-state index is 9.27. The van der Waals surface area contributed by atoms with Crippen LogP contribution in [0.15, 0.2) is 6.20 Å². The van der Waals surface area contributed by atoms with Gasteiger partial charge < -0.3 is 5.11 Å². The standard InChI is InChI=1S/C10H18N2O/c1-7(13)5-8-6-11-12-9(8)10(2,3)4/h6-7,13H,5H2,1-4H3,(H,11,12)/t7-/m0/s1. The van der Waals surface area contributed by atoms with Gasteiger partial charge in [0, 0.05) is 17.5 Å². The van der Waals surface area contributed by atoms with Crippen LogP contribution < -0.4 is 0 Å². The van der Waals surface area contributed by atoms with Crippen LogP contribution >= 0.6 is 0 Å². The first-order valence-electron chi connectivity index (χ1n) is 4.62. The summed E-state index contributed by atoms with van der Waals surface area (Å²) in [6.45, 7) is 8.18. The molecule has 0 aliphatic heterocycles. The summed E-state index contributed by atoms with van der Waals surface area (Å²) in [5.74, 6) is 0. The number of nitrogens with one attached hydrogen (secondary N) is 1. The second-order valence-electron chi connectivity index (χ2n) is 4.57. The molecular formula is C10H18N2O. The zero-order chi connectivity index (χ0) is 10.1. The van der Waals surface area contributed by atoms with Gasteiger partial charge in [0.05, 0.1) is 12.3 Å². The highest BCUT2D eigenvalue weighted by Crippen LogP contribution is 2.23. The summed E-state index contributed by atoms with van der Waals surface area (Å²) in [7, 11) is 0. The predicted octanol–water partition coefficient (Wildman–Crippen LogP) is 1.63. The number of hydrogen-bond acceptors (Lipinski definition) is 2. The molecule has 0 amide bonds. The number of hydrogen-bond donors (Lipinski definition) is 2. The van der Waals surface area contributed by atoms with Crippen molar-refractivity contribution in [2.24, 2.45) is 0 Å². The van der Waals surface area contributed by atoms with Gasteiger partial charge in [0.1, 0.15) is 0 Å². The average molecular weight is 182 g/mol. The van der Waals surface area contributed by atoms with Crippen LogP contribution in [0.1, 0.15) is 39.0 Å². The van der Waals surface area contributed by atoms with Crippen molar-refractivity contribution in [3.8, 4) is 0 Å². The van der Waals surface area contributed by atoms with Crippen molar-refractivity contribution in [2.45, 2.75) is 45.6 Å². The molecule has 2 N–H and O–H groups in total. The van der Waals surface area contributed by atoms with Crippen LogP contribution in [0.4, 0.5) is 0 Å². The summed E-state index contributed by atoms with van der Waals surface area (Å²) >= 11 is 0. The Hall–Kier alpha value is -0.830. The highest BCUT2D eigenvalue weighted by atomic mass is 16.3. The van der Waals surface area contributed by atoms with Gasteiger partial charge in [-0.3, -0.25) is 5.10 Å². The fourth-order valence-corrected chi connectivity index (χ4v) is 1.43. The molecule has 0 bridgehead atoms. The lowest BCUT2D eigenvalue weighted by Gasteiger charge is -2.18. The summed E-state index contributed by atoms with van der Waals surface area (Å²) < 4.78 is 0. The van der Waals surface area contributed by atoms with E-state index in [2.05, 4.69) is 31.0 Å². The quantitative estimate of drug-likeness (QED) is 0.730. The van der Waals surface area contributed by atoms with E-state index in [1.54, 1.807) is 13.1 Å². The van der Waals surface area contributed by atoms with Crippen LogP contribution in [0.2, 0.25) is 0 Å². The van der Waals surface area contributed by atoms with E-state index in [4.69, 9.17) is 0 Å². The van der Waals surface area contributed by atoms with E-state index in [0.29, 0.717) is 6.42 Å². The highest BCUT2D eigenvalue weighted by Gasteiger charge is 2.20. The molecule has 0 unspecified atom stereocenters. The minimum Gasteiger partial charge on any atom is -0.393 e. The second-order valence-corrected chi connectivity index (χ2v) is 4.57. The summed E-state index contributed by atoms with van der Waals surface area (Å²) in [5, 5.41) is 16.3. The molecule has 0 saturated carbocycles. The van der Waals surface area contributed by atoms with E-state index in [0.717, 1.165) is 11.3 Å². The van der Waals surface area contributed by atoms with Crippen LogP contribution in [0.3, 0.4) is 0 Å². The Morgan fingerprint density at radius 1 is 1.54 bits per heavy atom. The first-order chi connectivity index (χ1) is 5.91. The minimum atomic E-state index is -0.307. The second kappa shape index (κ2) is 3.50. The third-order valence-electron chi connectivity index (χ3n) is 1.98. The number of aromatic amines is 1. The molecule has 0 spiro atoms. The van der Waals surface area contributed by atoms with E-state index in [9.17, 15) is 5.11 Å². The lowest BCUT2D eigenvalue weighted by molar-refractivity contribution is 0.195. The molecule has 1 aromatic rings. The van der Waals surface area contributed by atoms with Crippen molar-refractivity contribution in [3.63, 3.8) is 0 Å². The van der Waals surface area contributed by atoms with Crippen molar-refractivity contribution in [1.82, 2.24) is 10.2 Å². The highest BCUT2D eigenvalue weighted by molar-refractivity contribution is 5.23. The molecule has 0 aromatic carbocycles. The van der Waals surface area contributed by atoms with Crippen molar-refractivity contribution in [2.75, 3.05) is 0 Å². The van der Waals surface area contributed by atoms with Gasteiger partial charge >= 0.3 is 0 Å². The topological polar surface area (TPSA) is 48.9 Å². The number of nitrogens with zero attached hydrogens (tertiary/aromatic N) is 1. The molecule has 1 heterocycles. The summed E-state index contributed by atoms with van der Waals surface area (Å²) in [5.41, 5.74) is 2.30. The van der Waals surface area contributed by atoms with E-state index in [1.807, 2.05) is 0 Å². The Bertz CT molecular complexity index is 271. The predicted molar refractivity (Wildman–Crippen MR) is 52.7 cm³/mol. The number of aromatic nitrogens is 2. The van der Waals surface area contributed by atoms with Gasteiger partial charge in [-0.2, -0.15) is 5.10 Å². The Labute approximate surface area is 79.2 Å². The van der Waals surface area contributed by atoms with Gasteiger partial charge in [-0.25, -0.2) is 0 Å². The van der Waals surface area contributed by atoms with Gasteiger partial charge in [-0.15, -0.1) is 0 Å². The lowest BCUT2D eigenvalue weighted by Crippen LogP contribution is -2.16. The Kier molecular flexibility index (Phi) is 2.76. The molecule has 1 rings (SSSR count). The smallest absolute Gasteiger partial charge is 0.0553 e. The molecule has 13 heavy (non-hydrogen) atoms. The number of aliphatic hydroxyl groups excluding tert-OH is 1. The zero-order valence-electron chi connectivity index (χ0n) is 8.76. The normalized spacial score (nSPS) is 14.5. The van der Waals surface area contributed by atoms with E-state index in [-0.39, 0.29) is 11.5 Å². The zero-order valence-corrected chi connectivity index (χ0v) is 8.76. The van der Waals surface area contributed by atoms with Gasteiger partial charge in [0.15, 0.2) is 0 Å². The third kappa shape index (κ3) is 2.56. The molecule has 3 nitrogen and oxygen atoms in total. The molecule has 1 atom stereocenters. The van der Waals surface area contributed by atoms with Crippen molar-refractivity contribution in [3.05, 3.63) is 17.5 Å². The summed E-state index contributed by atoms with van der Waals surface area (Å²) in [6, 6.07) is 0. The fraction of sp³-hybridized carbons (Fsp3) is 0.700. The third-order valence-corrected chi connectivity index (χ3v) is 1.98. The molecule has 0 aliphatic rings. The first kappa shape index (κ1) is 10.3. The fourth-order valence-electron chi connectivity index (χ4n) is 1.43. The number of rotatable bonds is 2. The van der Waals surface area contributed by atoms with Crippen LogP contribution in [-0.4, -0.2) is 21.4 Å². The van der Waals surface area contributed by atoms with Gasteiger partial charge in [0.2, 0.25) is 0 Å². The van der Waals surface area contributed by atoms with Crippen LogP contribution in [-0.2, 0) is 11.8 Å². The van der Waals surface area contributed by atoms with E-state index in [1.165, 1.54) is 0 Å². The Morgan fingerprint density at radius 3 is 2.62 bits per heavy atom. The van der Waals surface area contributed by atoms with Crippen LogP contribution in [0.5, 0.6) is 0 Å².